The molecule has 27 heavy (non-hydrogen) atoms. The Morgan fingerprint density at radius 1 is 0.889 bits per heavy atom. The first-order valence-corrected chi connectivity index (χ1v) is 12.0. The number of hydrogen-bond acceptors (Lipinski definition) is 3. The normalized spacial score (nSPS) is 19.8. The highest BCUT2D eigenvalue weighted by molar-refractivity contribution is 7.98. The third-order valence-corrected chi connectivity index (χ3v) is 7.30. The Hall–Kier alpha value is -1.39. The van der Waals surface area contributed by atoms with Gasteiger partial charge in [-0.1, -0.05) is 60.7 Å². The van der Waals surface area contributed by atoms with E-state index in [2.05, 4.69) is 73.3 Å². The molecule has 1 saturated heterocycles. The van der Waals surface area contributed by atoms with Crippen molar-refractivity contribution in [2.45, 2.75) is 43.9 Å². The standard InChI is InChI=1S/C23H29NOS2/c1-18(2)24-22(17-27-15-20-11-7-4-8-12-20)13-21(23(24)25)16-26-14-19-9-5-3-6-10-19/h3-12,18,21-22H,13-17H2,1-2H3/t21-,22+/m1/s1. The van der Waals surface area contributed by atoms with Crippen LogP contribution < -0.4 is 0 Å². The van der Waals surface area contributed by atoms with Gasteiger partial charge in [-0.2, -0.15) is 23.5 Å². The fourth-order valence-corrected chi connectivity index (χ4v) is 5.90. The Balaban J connectivity index is 1.50. The van der Waals surface area contributed by atoms with E-state index in [9.17, 15) is 4.79 Å². The van der Waals surface area contributed by atoms with Gasteiger partial charge < -0.3 is 4.90 Å². The molecule has 0 N–H and O–H groups in total. The summed E-state index contributed by atoms with van der Waals surface area (Å²) >= 11 is 3.84. The highest BCUT2D eigenvalue weighted by Crippen LogP contribution is 2.32. The molecule has 2 atom stereocenters. The number of benzene rings is 2. The lowest BCUT2D eigenvalue weighted by atomic mass is 10.1. The average Bonchev–Trinajstić information content (AvgIpc) is 2.99. The van der Waals surface area contributed by atoms with Crippen molar-refractivity contribution in [3.63, 3.8) is 0 Å². The van der Waals surface area contributed by atoms with Crippen LogP contribution in [0.1, 0.15) is 31.4 Å². The van der Waals surface area contributed by atoms with Crippen LogP contribution in [0.15, 0.2) is 60.7 Å². The largest absolute Gasteiger partial charge is 0.336 e. The van der Waals surface area contributed by atoms with Crippen molar-refractivity contribution in [2.75, 3.05) is 11.5 Å². The molecule has 1 aliphatic heterocycles. The van der Waals surface area contributed by atoms with Gasteiger partial charge in [-0.05, 0) is 31.4 Å². The van der Waals surface area contributed by atoms with Crippen molar-refractivity contribution >= 4 is 29.4 Å². The van der Waals surface area contributed by atoms with E-state index in [1.165, 1.54) is 11.1 Å². The summed E-state index contributed by atoms with van der Waals surface area (Å²) in [4.78, 5) is 15.1. The molecular weight excluding hydrogens is 370 g/mol. The highest BCUT2D eigenvalue weighted by atomic mass is 32.2. The van der Waals surface area contributed by atoms with Crippen LogP contribution in [0, 0.1) is 5.92 Å². The summed E-state index contributed by atoms with van der Waals surface area (Å²) in [6.45, 7) is 4.29. The number of rotatable bonds is 9. The van der Waals surface area contributed by atoms with Gasteiger partial charge in [-0.15, -0.1) is 0 Å². The van der Waals surface area contributed by atoms with Crippen LogP contribution in [0.25, 0.3) is 0 Å². The van der Waals surface area contributed by atoms with Crippen molar-refractivity contribution in [1.29, 1.82) is 0 Å². The van der Waals surface area contributed by atoms with E-state index in [-0.39, 0.29) is 12.0 Å². The van der Waals surface area contributed by atoms with Crippen molar-refractivity contribution in [3.05, 3.63) is 71.8 Å². The molecule has 144 valence electrons. The number of likely N-dealkylation sites (tertiary alicyclic amines) is 1. The predicted molar refractivity (Wildman–Crippen MR) is 119 cm³/mol. The monoisotopic (exact) mass is 399 g/mol. The second-order valence-electron chi connectivity index (χ2n) is 7.43. The summed E-state index contributed by atoms with van der Waals surface area (Å²) < 4.78 is 0. The molecule has 2 nitrogen and oxygen atoms in total. The lowest BCUT2D eigenvalue weighted by Gasteiger charge is -2.28. The molecule has 1 aliphatic rings. The van der Waals surface area contributed by atoms with Crippen molar-refractivity contribution < 1.29 is 4.79 Å². The van der Waals surface area contributed by atoms with Gasteiger partial charge in [0.25, 0.3) is 0 Å². The minimum atomic E-state index is 0.170. The van der Waals surface area contributed by atoms with Gasteiger partial charge in [-0.3, -0.25) is 4.79 Å². The Bertz CT molecular complexity index is 705. The van der Waals surface area contributed by atoms with Gasteiger partial charge in [0.1, 0.15) is 0 Å². The van der Waals surface area contributed by atoms with Crippen LogP contribution in [0.3, 0.4) is 0 Å². The smallest absolute Gasteiger partial charge is 0.227 e. The SMILES string of the molecule is CC(C)N1C(=O)[C@@H](CSCc2ccccc2)C[C@H]1CSCc1ccccc1. The molecule has 0 saturated carbocycles. The Kier molecular flexibility index (Phi) is 7.71. The molecule has 0 unspecified atom stereocenters. The molecule has 0 aromatic heterocycles. The molecular formula is C23H29NOS2. The quantitative estimate of drug-likeness (QED) is 0.557. The molecule has 0 radical (unpaired) electrons. The van der Waals surface area contributed by atoms with Crippen LogP contribution in [-0.4, -0.2) is 34.4 Å². The van der Waals surface area contributed by atoms with Crippen molar-refractivity contribution in [2.24, 2.45) is 5.92 Å². The zero-order valence-electron chi connectivity index (χ0n) is 16.2. The lowest BCUT2D eigenvalue weighted by Crippen LogP contribution is -2.40. The predicted octanol–water partition coefficient (Wildman–Crippen LogP) is 5.48. The van der Waals surface area contributed by atoms with Crippen molar-refractivity contribution in [1.82, 2.24) is 4.90 Å². The number of amides is 1. The summed E-state index contributed by atoms with van der Waals surface area (Å²) in [5, 5.41) is 0. The molecule has 0 bridgehead atoms. The topological polar surface area (TPSA) is 20.3 Å². The number of hydrogen-bond donors (Lipinski definition) is 0. The van der Waals surface area contributed by atoms with Gasteiger partial charge in [0.2, 0.25) is 5.91 Å². The van der Waals surface area contributed by atoms with E-state index in [0.717, 1.165) is 29.4 Å². The molecule has 1 fully saturated rings. The van der Waals surface area contributed by atoms with Gasteiger partial charge >= 0.3 is 0 Å². The maximum absolute atomic E-state index is 12.9. The van der Waals surface area contributed by atoms with Crippen LogP contribution in [0.5, 0.6) is 0 Å². The summed E-state index contributed by atoms with van der Waals surface area (Å²) in [6, 6.07) is 21.8. The maximum atomic E-state index is 12.9. The molecule has 2 aromatic carbocycles. The summed E-state index contributed by atoms with van der Waals surface area (Å²) in [6.07, 6.45) is 1.00. The molecule has 0 spiro atoms. The average molecular weight is 400 g/mol. The van der Waals surface area contributed by atoms with Gasteiger partial charge in [0.05, 0.1) is 0 Å². The second kappa shape index (κ2) is 10.2. The molecule has 4 heteroatoms. The fourth-order valence-electron chi connectivity index (χ4n) is 3.68. The summed E-state index contributed by atoms with van der Waals surface area (Å²) in [5.74, 6) is 4.49. The van der Waals surface area contributed by atoms with E-state index < -0.39 is 0 Å². The Morgan fingerprint density at radius 2 is 1.41 bits per heavy atom. The van der Waals surface area contributed by atoms with E-state index >= 15 is 0 Å². The zero-order chi connectivity index (χ0) is 19.1. The zero-order valence-corrected chi connectivity index (χ0v) is 17.8. The van der Waals surface area contributed by atoms with E-state index in [4.69, 9.17) is 0 Å². The van der Waals surface area contributed by atoms with Gasteiger partial charge in [0, 0.05) is 41.0 Å². The Labute approximate surface area is 172 Å². The van der Waals surface area contributed by atoms with Gasteiger partial charge in [-0.25, -0.2) is 0 Å². The molecule has 2 aromatic rings. The number of nitrogens with zero attached hydrogens (tertiary/aromatic N) is 1. The van der Waals surface area contributed by atoms with Crippen LogP contribution in [0.2, 0.25) is 0 Å². The fraction of sp³-hybridized carbons (Fsp3) is 0.435. The third kappa shape index (κ3) is 5.79. The number of carbonyl (C=O) groups is 1. The summed E-state index contributed by atoms with van der Waals surface area (Å²) in [7, 11) is 0. The van der Waals surface area contributed by atoms with E-state index in [0.29, 0.717) is 11.9 Å². The van der Waals surface area contributed by atoms with Gasteiger partial charge in [0.15, 0.2) is 0 Å². The van der Waals surface area contributed by atoms with Crippen molar-refractivity contribution in [3.8, 4) is 0 Å². The van der Waals surface area contributed by atoms with E-state index in [1.807, 2.05) is 29.6 Å². The molecule has 3 rings (SSSR count). The minimum Gasteiger partial charge on any atom is -0.336 e. The summed E-state index contributed by atoms with van der Waals surface area (Å²) in [5.41, 5.74) is 2.70. The molecule has 0 aliphatic carbocycles. The maximum Gasteiger partial charge on any atom is 0.227 e. The Morgan fingerprint density at radius 3 is 1.93 bits per heavy atom. The van der Waals surface area contributed by atoms with Crippen LogP contribution in [-0.2, 0) is 16.3 Å². The second-order valence-corrected chi connectivity index (χ2v) is 9.49. The minimum absolute atomic E-state index is 0.170. The van der Waals surface area contributed by atoms with E-state index in [1.54, 1.807) is 0 Å². The molecule has 1 heterocycles. The first-order valence-electron chi connectivity index (χ1n) is 9.70. The van der Waals surface area contributed by atoms with Crippen LogP contribution >= 0.6 is 23.5 Å². The lowest BCUT2D eigenvalue weighted by molar-refractivity contribution is -0.132. The number of carbonyl (C=O) groups excluding carboxylic acids is 1. The molecule has 1 amide bonds. The third-order valence-electron chi connectivity index (χ3n) is 4.96. The first-order chi connectivity index (χ1) is 13.1. The first kappa shape index (κ1) is 20.3. The van der Waals surface area contributed by atoms with Crippen LogP contribution in [0.4, 0.5) is 0 Å². The number of thioether (sulfide) groups is 2. The highest BCUT2D eigenvalue weighted by Gasteiger charge is 2.40.